The fourth-order valence-electron chi connectivity index (χ4n) is 4.34. The van der Waals surface area contributed by atoms with E-state index in [9.17, 15) is 13.2 Å². The highest BCUT2D eigenvalue weighted by Gasteiger charge is 2.32. The molecule has 0 unspecified atom stereocenters. The number of morpholine rings is 2. The lowest BCUT2D eigenvalue weighted by atomic mass is 10.1. The van der Waals surface area contributed by atoms with Crippen LogP contribution < -0.4 is 5.32 Å². The van der Waals surface area contributed by atoms with Gasteiger partial charge in [0.1, 0.15) is 0 Å². The van der Waals surface area contributed by atoms with Crippen LogP contribution in [0.15, 0.2) is 46.7 Å². The zero-order valence-corrected chi connectivity index (χ0v) is 20.6. The Balaban J connectivity index is 1.47. The number of rotatable bonds is 7. The van der Waals surface area contributed by atoms with Gasteiger partial charge in [0, 0.05) is 43.2 Å². The first-order chi connectivity index (χ1) is 15.8. The maximum Gasteiger partial charge on any atom is 0.251 e. The molecule has 3 heterocycles. The number of benzene rings is 1. The van der Waals surface area contributed by atoms with Crippen molar-refractivity contribution < 1.29 is 22.7 Å². The van der Waals surface area contributed by atoms with Crippen LogP contribution in [0.1, 0.15) is 35.1 Å². The van der Waals surface area contributed by atoms with Crippen molar-refractivity contribution in [3.8, 4) is 0 Å². The highest BCUT2D eigenvalue weighted by molar-refractivity contribution is 7.89. The van der Waals surface area contributed by atoms with Crippen molar-refractivity contribution in [1.82, 2.24) is 14.5 Å². The van der Waals surface area contributed by atoms with Gasteiger partial charge in [0.25, 0.3) is 5.91 Å². The monoisotopic (exact) mass is 493 g/mol. The van der Waals surface area contributed by atoms with Gasteiger partial charge in [-0.15, -0.1) is 11.3 Å². The number of ether oxygens (including phenoxy) is 2. The number of hydrogen-bond acceptors (Lipinski definition) is 7. The van der Waals surface area contributed by atoms with Crippen LogP contribution in [0.5, 0.6) is 0 Å². The fraction of sp³-hybridized carbons (Fsp3) is 0.522. The van der Waals surface area contributed by atoms with Crippen molar-refractivity contribution in [2.45, 2.75) is 37.0 Å². The molecule has 3 atom stereocenters. The normalized spacial score (nSPS) is 23.8. The van der Waals surface area contributed by atoms with Crippen LogP contribution in [0.3, 0.4) is 0 Å². The van der Waals surface area contributed by atoms with Crippen molar-refractivity contribution in [3.63, 3.8) is 0 Å². The summed E-state index contributed by atoms with van der Waals surface area (Å²) in [4.78, 5) is 16.6. The molecule has 2 aromatic rings. The minimum Gasteiger partial charge on any atom is -0.379 e. The van der Waals surface area contributed by atoms with Crippen molar-refractivity contribution in [2.75, 3.05) is 45.9 Å². The molecule has 0 spiro atoms. The summed E-state index contributed by atoms with van der Waals surface area (Å²) in [7, 11) is -3.71. The second kappa shape index (κ2) is 10.6. The van der Waals surface area contributed by atoms with Gasteiger partial charge in [0.15, 0.2) is 0 Å². The molecule has 4 rings (SSSR count). The molecule has 33 heavy (non-hydrogen) atoms. The standard InChI is InChI=1S/C23H31N3O5S2/c1-17-15-26(16-18(2)31-17)33(28,29)20-6-3-5-19(13-20)23(27)24-14-21(22-7-4-12-32-22)25-8-10-30-11-9-25/h3-7,12-13,17-18,21H,8-11,14-16H2,1-2H3,(H,24,27)/t17-,18-,21+/m1/s1. The SMILES string of the molecule is C[C@@H]1CN(S(=O)(=O)c2cccc(C(=O)NC[C@@H](c3cccs3)N3CCOCC3)c2)C[C@@H](C)O1. The summed E-state index contributed by atoms with van der Waals surface area (Å²) < 4.78 is 39.0. The van der Waals surface area contributed by atoms with E-state index in [0.717, 1.165) is 13.1 Å². The first kappa shape index (κ1) is 24.3. The Kier molecular flexibility index (Phi) is 7.83. The van der Waals surface area contributed by atoms with E-state index in [1.807, 2.05) is 25.3 Å². The average molecular weight is 494 g/mol. The third-order valence-electron chi connectivity index (χ3n) is 5.93. The lowest BCUT2D eigenvalue weighted by Crippen LogP contribution is -2.48. The Morgan fingerprint density at radius 2 is 1.88 bits per heavy atom. The summed E-state index contributed by atoms with van der Waals surface area (Å²) in [5.41, 5.74) is 0.331. The van der Waals surface area contributed by atoms with Crippen molar-refractivity contribution in [3.05, 3.63) is 52.2 Å². The van der Waals surface area contributed by atoms with Gasteiger partial charge in [-0.05, 0) is 43.5 Å². The van der Waals surface area contributed by atoms with Gasteiger partial charge < -0.3 is 14.8 Å². The number of carbonyl (C=O) groups excluding carboxylic acids is 1. The molecule has 0 radical (unpaired) electrons. The van der Waals surface area contributed by atoms with E-state index in [2.05, 4.69) is 16.3 Å². The quantitative estimate of drug-likeness (QED) is 0.637. The van der Waals surface area contributed by atoms with Gasteiger partial charge in [-0.1, -0.05) is 12.1 Å². The smallest absolute Gasteiger partial charge is 0.251 e. The molecule has 2 aliphatic rings. The van der Waals surface area contributed by atoms with Crippen LogP contribution >= 0.6 is 11.3 Å². The second-order valence-electron chi connectivity index (χ2n) is 8.50. The van der Waals surface area contributed by atoms with E-state index in [-0.39, 0.29) is 29.1 Å². The van der Waals surface area contributed by atoms with Crippen LogP contribution in [-0.2, 0) is 19.5 Å². The molecule has 0 saturated carbocycles. The van der Waals surface area contributed by atoms with Gasteiger partial charge in [-0.2, -0.15) is 4.31 Å². The minimum atomic E-state index is -3.71. The number of thiophene rings is 1. The highest BCUT2D eigenvalue weighted by Crippen LogP contribution is 2.26. The van der Waals surface area contributed by atoms with Gasteiger partial charge in [-0.3, -0.25) is 9.69 Å². The maximum atomic E-state index is 13.2. The largest absolute Gasteiger partial charge is 0.379 e. The first-order valence-corrected chi connectivity index (χ1v) is 13.6. The number of carbonyl (C=O) groups is 1. The van der Waals surface area contributed by atoms with E-state index >= 15 is 0 Å². The third-order valence-corrected chi connectivity index (χ3v) is 8.74. The number of nitrogens with zero attached hydrogens (tertiary/aromatic N) is 2. The number of nitrogens with one attached hydrogen (secondary N) is 1. The Bertz CT molecular complexity index is 1030. The molecule has 1 N–H and O–H groups in total. The van der Waals surface area contributed by atoms with Crippen LogP contribution in [0.2, 0.25) is 0 Å². The number of hydrogen-bond donors (Lipinski definition) is 1. The summed E-state index contributed by atoms with van der Waals surface area (Å²) in [6.45, 7) is 7.72. The third kappa shape index (κ3) is 5.82. The van der Waals surface area contributed by atoms with E-state index in [1.165, 1.54) is 15.2 Å². The van der Waals surface area contributed by atoms with Crippen molar-refractivity contribution in [1.29, 1.82) is 0 Å². The van der Waals surface area contributed by atoms with Crippen molar-refractivity contribution in [2.24, 2.45) is 0 Å². The van der Waals surface area contributed by atoms with Gasteiger partial charge in [-0.25, -0.2) is 8.42 Å². The van der Waals surface area contributed by atoms with Crippen LogP contribution in [0.4, 0.5) is 0 Å². The predicted molar refractivity (Wildman–Crippen MR) is 127 cm³/mol. The second-order valence-corrected chi connectivity index (χ2v) is 11.4. The molecule has 10 heteroatoms. The molecule has 0 bridgehead atoms. The predicted octanol–water partition coefficient (Wildman–Crippen LogP) is 2.35. The fourth-order valence-corrected chi connectivity index (χ4v) is 6.84. The molecular weight excluding hydrogens is 462 g/mol. The Labute approximate surface area is 199 Å². The van der Waals surface area contributed by atoms with Gasteiger partial charge >= 0.3 is 0 Å². The summed E-state index contributed by atoms with van der Waals surface area (Å²) in [6, 6.07) is 10.4. The molecular formula is C23H31N3O5S2. The van der Waals surface area contributed by atoms with E-state index < -0.39 is 10.0 Å². The van der Waals surface area contributed by atoms with Crippen LogP contribution in [0.25, 0.3) is 0 Å². The lowest BCUT2D eigenvalue weighted by molar-refractivity contribution is -0.0440. The molecule has 2 aliphatic heterocycles. The Morgan fingerprint density at radius 1 is 1.15 bits per heavy atom. The molecule has 1 aromatic carbocycles. The van der Waals surface area contributed by atoms with E-state index in [4.69, 9.17) is 9.47 Å². The topological polar surface area (TPSA) is 88.2 Å². The summed E-state index contributed by atoms with van der Waals surface area (Å²) in [5, 5.41) is 5.05. The lowest BCUT2D eigenvalue weighted by Gasteiger charge is -2.34. The molecule has 180 valence electrons. The molecule has 8 nitrogen and oxygen atoms in total. The zero-order valence-electron chi connectivity index (χ0n) is 19.0. The number of sulfonamides is 1. The van der Waals surface area contributed by atoms with Crippen LogP contribution in [-0.4, -0.2) is 81.7 Å². The molecule has 2 saturated heterocycles. The summed E-state index contributed by atoms with van der Waals surface area (Å²) in [6.07, 6.45) is -0.353. The Hall–Kier alpha value is -1.82. The van der Waals surface area contributed by atoms with Crippen molar-refractivity contribution >= 4 is 27.3 Å². The summed E-state index contributed by atoms with van der Waals surface area (Å²) in [5.74, 6) is -0.287. The van der Waals surface area contributed by atoms with Crippen LogP contribution in [0, 0.1) is 0 Å². The Morgan fingerprint density at radius 3 is 2.55 bits per heavy atom. The van der Waals surface area contributed by atoms with Gasteiger partial charge in [0.05, 0.1) is 36.4 Å². The molecule has 0 aliphatic carbocycles. The average Bonchev–Trinajstić information content (AvgIpc) is 3.34. The molecule has 2 fully saturated rings. The molecule has 1 amide bonds. The van der Waals surface area contributed by atoms with Gasteiger partial charge in [0.2, 0.25) is 10.0 Å². The van der Waals surface area contributed by atoms with E-state index in [0.29, 0.717) is 38.4 Å². The van der Waals surface area contributed by atoms with E-state index in [1.54, 1.807) is 29.5 Å². The first-order valence-electron chi connectivity index (χ1n) is 11.2. The zero-order chi connectivity index (χ0) is 23.4. The highest BCUT2D eigenvalue weighted by atomic mass is 32.2. The maximum absolute atomic E-state index is 13.2. The minimum absolute atomic E-state index is 0.0566. The summed E-state index contributed by atoms with van der Waals surface area (Å²) >= 11 is 1.67. The number of amides is 1. The molecule has 1 aromatic heterocycles.